The second kappa shape index (κ2) is 14.2. The lowest BCUT2D eigenvalue weighted by molar-refractivity contribution is -0.159. The highest BCUT2D eigenvalue weighted by Crippen LogP contribution is 2.57. The van der Waals surface area contributed by atoms with Crippen molar-refractivity contribution >= 4 is 44.8 Å². The Morgan fingerprint density at radius 2 is 1.88 bits per heavy atom. The molecule has 2 amide bonds. The van der Waals surface area contributed by atoms with Gasteiger partial charge in [0.05, 0.1) is 34.7 Å². The molecule has 52 heavy (non-hydrogen) atoms. The van der Waals surface area contributed by atoms with Gasteiger partial charge in [-0.05, 0) is 98.1 Å². The normalized spacial score (nSPS) is 28.7. The van der Waals surface area contributed by atoms with Crippen LogP contribution in [0, 0.1) is 17.3 Å². The number of esters is 1. The fourth-order valence-corrected chi connectivity index (χ4v) is 8.98. The van der Waals surface area contributed by atoms with Gasteiger partial charge in [0.15, 0.2) is 11.4 Å². The smallest absolute Gasteiger partial charge is 0.307 e. The van der Waals surface area contributed by atoms with Crippen molar-refractivity contribution in [3.05, 3.63) is 30.5 Å². The van der Waals surface area contributed by atoms with E-state index in [2.05, 4.69) is 14.7 Å². The number of amides is 2. The van der Waals surface area contributed by atoms with Crippen LogP contribution in [0.4, 0.5) is 0 Å². The Bertz CT molecular complexity index is 1860. The van der Waals surface area contributed by atoms with Crippen LogP contribution in [0.3, 0.4) is 0 Å². The summed E-state index contributed by atoms with van der Waals surface area (Å²) in [5.74, 6) is -2.86. The third-order valence-corrected chi connectivity index (χ3v) is 13.2. The SMILES string of the molecule is CC(C)n1c(O[C@@H]2C[C@H]3C(=O)C[C@]4(C(=O)NS(=O)(=O)C5(C)CC5)C[C@@H]4/C=C\CCCCC[C@H](CC(=O)OC(C)(C)C)C(=O)N3C2)nc2ncccc21. The number of nitrogens with zero attached hydrogens (tertiary/aromatic N) is 4. The Morgan fingerprint density at radius 3 is 2.58 bits per heavy atom. The minimum Gasteiger partial charge on any atom is -0.460 e. The number of fused-ring (bicyclic) bond motifs is 3. The molecule has 2 aliphatic carbocycles. The van der Waals surface area contributed by atoms with Crippen molar-refractivity contribution in [1.82, 2.24) is 24.2 Å². The molecule has 0 radical (unpaired) electrons. The van der Waals surface area contributed by atoms with Gasteiger partial charge in [0.1, 0.15) is 11.7 Å². The Kier molecular flexibility index (Phi) is 10.4. The maximum absolute atomic E-state index is 14.5. The molecule has 0 spiro atoms. The average molecular weight is 740 g/mol. The quantitative estimate of drug-likeness (QED) is 0.281. The highest BCUT2D eigenvalue weighted by atomic mass is 32.2. The first kappa shape index (κ1) is 37.9. The summed E-state index contributed by atoms with van der Waals surface area (Å²) in [4.78, 5) is 66.6. The number of carbonyl (C=O) groups excluding carboxylic acids is 4. The monoisotopic (exact) mass is 739 g/mol. The number of carbonyl (C=O) groups is 4. The second-order valence-electron chi connectivity index (χ2n) is 16.7. The van der Waals surface area contributed by atoms with E-state index in [9.17, 15) is 27.6 Å². The van der Waals surface area contributed by atoms with E-state index in [1.54, 1.807) is 33.9 Å². The van der Waals surface area contributed by atoms with Gasteiger partial charge in [-0.15, -0.1) is 0 Å². The number of imidazole rings is 1. The van der Waals surface area contributed by atoms with E-state index in [1.165, 1.54) is 4.90 Å². The van der Waals surface area contributed by atoms with Gasteiger partial charge in [0.2, 0.25) is 21.8 Å². The summed E-state index contributed by atoms with van der Waals surface area (Å²) in [7, 11) is -3.93. The minimum atomic E-state index is -3.93. The van der Waals surface area contributed by atoms with E-state index in [1.807, 2.05) is 42.7 Å². The molecule has 0 bridgehead atoms. The summed E-state index contributed by atoms with van der Waals surface area (Å²) in [6.07, 6.45) is 9.60. The van der Waals surface area contributed by atoms with E-state index < -0.39 is 55.7 Å². The van der Waals surface area contributed by atoms with Gasteiger partial charge >= 0.3 is 5.97 Å². The molecule has 0 unspecified atom stereocenters. The van der Waals surface area contributed by atoms with E-state index in [0.29, 0.717) is 43.8 Å². The van der Waals surface area contributed by atoms with Gasteiger partial charge in [-0.2, -0.15) is 4.98 Å². The van der Waals surface area contributed by atoms with Crippen molar-refractivity contribution in [2.45, 2.75) is 141 Å². The summed E-state index contributed by atoms with van der Waals surface area (Å²) in [6.45, 7) is 11.0. The van der Waals surface area contributed by atoms with E-state index >= 15 is 0 Å². The Morgan fingerprint density at radius 1 is 1.13 bits per heavy atom. The highest BCUT2D eigenvalue weighted by Gasteiger charge is 2.62. The first-order valence-corrected chi connectivity index (χ1v) is 20.2. The standard InChI is InChI=1S/C38H53N5O8S/c1-24(2)43-28-15-12-18-39-32(28)40-35(43)50-27-20-29-30(44)22-38(34(47)41-52(48,49)37(6)16-17-37)21-26(38)14-11-9-7-8-10-13-25(33(46)42(29)23-27)19-31(45)51-36(3,4)5/h11-12,14-15,18,24-27,29H,7-10,13,16-17,19-23H2,1-6H3,(H,41,47)/b14-11-/t25-,26+,27-,29+,38-/m1/s1. The van der Waals surface area contributed by atoms with Crippen molar-refractivity contribution in [3.8, 4) is 6.01 Å². The second-order valence-corrected chi connectivity index (χ2v) is 18.9. The molecule has 13 nitrogen and oxygen atoms in total. The zero-order valence-electron chi connectivity index (χ0n) is 31.2. The van der Waals surface area contributed by atoms with E-state index in [4.69, 9.17) is 9.47 Å². The number of Topliss-reactive ketones (excluding diaryl/α,β-unsaturated/α-hetero) is 1. The van der Waals surface area contributed by atoms with E-state index in [0.717, 1.165) is 24.8 Å². The Labute approximate surface area is 306 Å². The number of ketones is 1. The lowest BCUT2D eigenvalue weighted by atomic mass is 9.90. The van der Waals surface area contributed by atoms with Gasteiger partial charge in [0, 0.05) is 31.0 Å². The third kappa shape index (κ3) is 7.91. The van der Waals surface area contributed by atoms with Gasteiger partial charge in [-0.3, -0.25) is 28.5 Å². The van der Waals surface area contributed by atoms with Crippen LogP contribution in [-0.4, -0.2) is 80.5 Å². The summed E-state index contributed by atoms with van der Waals surface area (Å²) in [6, 6.07) is 3.08. The molecule has 0 aromatic carbocycles. The van der Waals surface area contributed by atoms with Crippen LogP contribution in [-0.2, 0) is 33.9 Å². The Balaban J connectivity index is 1.32. The van der Waals surface area contributed by atoms with Crippen LogP contribution in [0.2, 0.25) is 0 Å². The number of sulfonamides is 1. The molecule has 4 heterocycles. The molecule has 1 N–H and O–H groups in total. The van der Waals surface area contributed by atoms with Crippen molar-refractivity contribution in [3.63, 3.8) is 0 Å². The fourth-order valence-electron chi connectivity index (χ4n) is 7.65. The predicted octanol–water partition coefficient (Wildman–Crippen LogP) is 5.19. The molecular weight excluding hydrogens is 687 g/mol. The van der Waals surface area contributed by atoms with Crippen LogP contribution in [0.25, 0.3) is 11.2 Å². The summed E-state index contributed by atoms with van der Waals surface area (Å²) < 4.78 is 41.7. The third-order valence-electron chi connectivity index (χ3n) is 11.0. The molecular formula is C38H53N5O8S. The van der Waals surface area contributed by atoms with Gasteiger partial charge < -0.3 is 14.4 Å². The first-order chi connectivity index (χ1) is 24.4. The summed E-state index contributed by atoms with van der Waals surface area (Å²) in [5.41, 5.74) is -0.665. The van der Waals surface area contributed by atoms with Crippen molar-refractivity contribution in [2.24, 2.45) is 17.3 Å². The fraction of sp³-hybridized carbons (Fsp3) is 0.684. The molecule has 5 atom stereocenters. The topological polar surface area (TPSA) is 167 Å². The molecule has 4 aliphatic rings. The largest absolute Gasteiger partial charge is 0.460 e. The number of nitrogens with one attached hydrogen (secondary N) is 1. The predicted molar refractivity (Wildman–Crippen MR) is 193 cm³/mol. The first-order valence-electron chi connectivity index (χ1n) is 18.7. The van der Waals surface area contributed by atoms with Gasteiger partial charge in [-0.25, -0.2) is 13.4 Å². The van der Waals surface area contributed by atoms with E-state index in [-0.39, 0.29) is 49.5 Å². The van der Waals surface area contributed by atoms with Crippen LogP contribution in [0.1, 0.15) is 118 Å². The maximum atomic E-state index is 14.5. The zero-order valence-corrected chi connectivity index (χ0v) is 32.0. The molecule has 6 rings (SSSR count). The zero-order chi connectivity index (χ0) is 37.6. The number of hydrogen-bond acceptors (Lipinski definition) is 10. The number of allylic oxidation sites excluding steroid dienone is 2. The maximum Gasteiger partial charge on any atom is 0.307 e. The average Bonchev–Trinajstić information content (AvgIpc) is 3.87. The van der Waals surface area contributed by atoms with Crippen LogP contribution < -0.4 is 9.46 Å². The molecule has 1 saturated heterocycles. The number of ether oxygens (including phenoxy) is 2. The molecule has 2 aliphatic heterocycles. The van der Waals surface area contributed by atoms with Crippen molar-refractivity contribution in [1.29, 1.82) is 0 Å². The highest BCUT2D eigenvalue weighted by molar-refractivity contribution is 7.91. The van der Waals surface area contributed by atoms with Gasteiger partial charge in [0.25, 0.3) is 6.01 Å². The molecule has 2 saturated carbocycles. The summed E-state index contributed by atoms with van der Waals surface area (Å²) >= 11 is 0. The lowest BCUT2D eigenvalue weighted by Crippen LogP contribution is -2.47. The summed E-state index contributed by atoms with van der Waals surface area (Å²) in [5, 5.41) is 0. The molecule has 3 fully saturated rings. The molecule has 2 aromatic heterocycles. The van der Waals surface area contributed by atoms with Gasteiger partial charge in [-0.1, -0.05) is 25.0 Å². The van der Waals surface area contributed by atoms with Crippen LogP contribution >= 0.6 is 0 Å². The Hall–Kier alpha value is -3.81. The number of aromatic nitrogens is 3. The number of rotatable bonds is 8. The van der Waals surface area contributed by atoms with Crippen LogP contribution in [0.15, 0.2) is 30.5 Å². The molecule has 2 aromatic rings. The molecule has 284 valence electrons. The number of hydrogen-bond donors (Lipinski definition) is 1. The van der Waals surface area contributed by atoms with Crippen molar-refractivity contribution < 1.29 is 37.1 Å². The lowest BCUT2D eigenvalue weighted by Gasteiger charge is -2.29. The minimum absolute atomic E-state index is 0.0232. The number of pyridine rings is 1. The van der Waals surface area contributed by atoms with Crippen molar-refractivity contribution in [2.75, 3.05) is 6.54 Å². The molecule has 14 heteroatoms. The van der Waals surface area contributed by atoms with Crippen LogP contribution in [0.5, 0.6) is 6.01 Å².